The van der Waals surface area contributed by atoms with Crippen LogP contribution in [0.3, 0.4) is 0 Å². The zero-order chi connectivity index (χ0) is 14.9. The van der Waals surface area contributed by atoms with Crippen LogP contribution in [-0.4, -0.2) is 16.5 Å². The van der Waals surface area contributed by atoms with Crippen molar-refractivity contribution in [2.75, 3.05) is 17.2 Å². The van der Waals surface area contributed by atoms with E-state index in [9.17, 15) is 0 Å². The van der Waals surface area contributed by atoms with E-state index in [1.807, 2.05) is 6.07 Å². The highest BCUT2D eigenvalue weighted by molar-refractivity contribution is 5.46. The van der Waals surface area contributed by atoms with E-state index in [0.717, 1.165) is 24.7 Å². The van der Waals surface area contributed by atoms with Gasteiger partial charge < -0.3 is 10.6 Å². The van der Waals surface area contributed by atoms with Gasteiger partial charge in [-0.2, -0.15) is 0 Å². The maximum Gasteiger partial charge on any atom is 0.131 e. The SMILES string of the molecule is CCCCCNc1cc(NCc2ccc(C)cc2)ncn1. The Morgan fingerprint density at radius 1 is 0.952 bits per heavy atom. The van der Waals surface area contributed by atoms with Crippen molar-refractivity contribution >= 4 is 11.6 Å². The third-order valence-corrected chi connectivity index (χ3v) is 3.35. The Morgan fingerprint density at radius 3 is 2.38 bits per heavy atom. The molecule has 0 saturated carbocycles. The maximum absolute atomic E-state index is 4.25. The van der Waals surface area contributed by atoms with Crippen LogP contribution in [-0.2, 0) is 6.54 Å². The van der Waals surface area contributed by atoms with Crippen LogP contribution in [0.2, 0.25) is 0 Å². The number of hydrogen-bond donors (Lipinski definition) is 2. The highest BCUT2D eigenvalue weighted by Crippen LogP contribution is 2.11. The van der Waals surface area contributed by atoms with Crippen LogP contribution < -0.4 is 10.6 Å². The number of nitrogens with zero attached hydrogens (tertiary/aromatic N) is 2. The van der Waals surface area contributed by atoms with Gasteiger partial charge in [0.05, 0.1) is 0 Å². The van der Waals surface area contributed by atoms with Crippen molar-refractivity contribution in [1.29, 1.82) is 0 Å². The molecule has 4 heteroatoms. The Hall–Kier alpha value is -2.10. The van der Waals surface area contributed by atoms with Gasteiger partial charge in [-0.05, 0) is 18.9 Å². The topological polar surface area (TPSA) is 49.8 Å². The summed E-state index contributed by atoms with van der Waals surface area (Å²) in [5, 5.41) is 6.67. The van der Waals surface area contributed by atoms with Gasteiger partial charge in [0, 0.05) is 19.2 Å². The van der Waals surface area contributed by atoms with E-state index >= 15 is 0 Å². The standard InChI is InChI=1S/C17H24N4/c1-3-4-5-10-18-16-11-17(21-13-20-16)19-12-15-8-6-14(2)7-9-15/h6-9,11,13H,3-5,10,12H2,1-2H3,(H2,18,19,20,21). The summed E-state index contributed by atoms with van der Waals surface area (Å²) in [5.41, 5.74) is 2.52. The van der Waals surface area contributed by atoms with Gasteiger partial charge in [-0.1, -0.05) is 49.6 Å². The first-order chi connectivity index (χ1) is 10.3. The molecule has 21 heavy (non-hydrogen) atoms. The molecule has 4 nitrogen and oxygen atoms in total. The normalized spacial score (nSPS) is 10.4. The quantitative estimate of drug-likeness (QED) is 0.719. The second-order valence-corrected chi connectivity index (χ2v) is 5.26. The van der Waals surface area contributed by atoms with E-state index in [4.69, 9.17) is 0 Å². The number of unbranched alkanes of at least 4 members (excludes halogenated alkanes) is 2. The molecule has 0 spiro atoms. The predicted molar refractivity (Wildman–Crippen MR) is 88.6 cm³/mol. The number of hydrogen-bond acceptors (Lipinski definition) is 4. The first-order valence-electron chi connectivity index (χ1n) is 7.63. The van der Waals surface area contributed by atoms with Crippen LogP contribution in [0.4, 0.5) is 11.6 Å². The molecule has 0 aliphatic rings. The van der Waals surface area contributed by atoms with Crippen LogP contribution in [0, 0.1) is 6.92 Å². The van der Waals surface area contributed by atoms with Crippen molar-refractivity contribution in [2.24, 2.45) is 0 Å². The summed E-state index contributed by atoms with van der Waals surface area (Å²) < 4.78 is 0. The summed E-state index contributed by atoms with van der Waals surface area (Å²) in [7, 11) is 0. The van der Waals surface area contributed by atoms with Crippen LogP contribution >= 0.6 is 0 Å². The molecule has 0 amide bonds. The van der Waals surface area contributed by atoms with Crippen LogP contribution in [0.1, 0.15) is 37.3 Å². The number of rotatable bonds is 8. The fraction of sp³-hybridized carbons (Fsp3) is 0.412. The number of benzene rings is 1. The molecule has 0 unspecified atom stereocenters. The summed E-state index contributed by atoms with van der Waals surface area (Å²) >= 11 is 0. The lowest BCUT2D eigenvalue weighted by Gasteiger charge is -2.08. The third-order valence-electron chi connectivity index (χ3n) is 3.35. The number of aryl methyl sites for hydroxylation is 1. The summed E-state index contributed by atoms with van der Waals surface area (Å²) in [6.07, 6.45) is 5.25. The molecule has 0 saturated heterocycles. The van der Waals surface area contributed by atoms with Crippen molar-refractivity contribution in [3.05, 3.63) is 47.8 Å². The molecule has 0 fully saturated rings. The third kappa shape index (κ3) is 5.42. The largest absolute Gasteiger partial charge is 0.370 e. The van der Waals surface area contributed by atoms with E-state index in [1.165, 1.54) is 30.4 Å². The molecule has 2 rings (SSSR count). The molecule has 2 aromatic rings. The lowest BCUT2D eigenvalue weighted by Crippen LogP contribution is -2.06. The van der Waals surface area contributed by atoms with Gasteiger partial charge in [0.1, 0.15) is 18.0 Å². The minimum atomic E-state index is 0.770. The number of nitrogens with one attached hydrogen (secondary N) is 2. The summed E-state index contributed by atoms with van der Waals surface area (Å²) in [4.78, 5) is 8.50. The van der Waals surface area contributed by atoms with Crippen molar-refractivity contribution in [3.63, 3.8) is 0 Å². The molecule has 1 aromatic carbocycles. The molecule has 0 aliphatic heterocycles. The van der Waals surface area contributed by atoms with Crippen molar-refractivity contribution < 1.29 is 0 Å². The molecule has 112 valence electrons. The average Bonchev–Trinajstić information content (AvgIpc) is 2.52. The Kier molecular flexibility index (Phi) is 6.00. The number of aromatic nitrogens is 2. The number of anilines is 2. The molecular formula is C17H24N4. The molecule has 2 N–H and O–H groups in total. The molecule has 0 bridgehead atoms. The van der Waals surface area contributed by atoms with Crippen LogP contribution in [0.15, 0.2) is 36.7 Å². The second-order valence-electron chi connectivity index (χ2n) is 5.26. The van der Waals surface area contributed by atoms with E-state index in [2.05, 4.69) is 58.7 Å². The van der Waals surface area contributed by atoms with Gasteiger partial charge in [-0.15, -0.1) is 0 Å². The Labute approximate surface area is 127 Å². The van der Waals surface area contributed by atoms with Crippen molar-refractivity contribution in [2.45, 2.75) is 39.7 Å². The maximum atomic E-state index is 4.25. The first kappa shape index (κ1) is 15.3. The fourth-order valence-corrected chi connectivity index (χ4v) is 2.04. The monoisotopic (exact) mass is 284 g/mol. The van der Waals surface area contributed by atoms with Crippen molar-refractivity contribution in [1.82, 2.24) is 9.97 Å². The Balaban J connectivity index is 1.84. The lowest BCUT2D eigenvalue weighted by atomic mass is 10.1. The van der Waals surface area contributed by atoms with Gasteiger partial charge >= 0.3 is 0 Å². The Bertz CT molecular complexity index is 537. The van der Waals surface area contributed by atoms with Gasteiger partial charge in [0.2, 0.25) is 0 Å². The fourth-order valence-electron chi connectivity index (χ4n) is 2.04. The van der Waals surface area contributed by atoms with Crippen molar-refractivity contribution in [3.8, 4) is 0 Å². The van der Waals surface area contributed by atoms with E-state index in [-0.39, 0.29) is 0 Å². The molecule has 1 aromatic heterocycles. The summed E-state index contributed by atoms with van der Waals surface area (Å²) in [6, 6.07) is 10.5. The molecule has 0 atom stereocenters. The first-order valence-corrected chi connectivity index (χ1v) is 7.63. The highest BCUT2D eigenvalue weighted by Gasteiger charge is 1.99. The zero-order valence-corrected chi connectivity index (χ0v) is 12.9. The van der Waals surface area contributed by atoms with Gasteiger partial charge in [0.25, 0.3) is 0 Å². The molecule has 1 heterocycles. The van der Waals surface area contributed by atoms with E-state index < -0.39 is 0 Å². The van der Waals surface area contributed by atoms with E-state index in [0.29, 0.717) is 0 Å². The van der Waals surface area contributed by atoms with E-state index in [1.54, 1.807) is 6.33 Å². The average molecular weight is 284 g/mol. The smallest absolute Gasteiger partial charge is 0.131 e. The summed E-state index contributed by atoms with van der Waals surface area (Å²) in [6.45, 7) is 6.03. The molecule has 0 aliphatic carbocycles. The molecule has 0 radical (unpaired) electrons. The van der Waals surface area contributed by atoms with Gasteiger partial charge in [0.15, 0.2) is 0 Å². The molecular weight excluding hydrogens is 260 g/mol. The van der Waals surface area contributed by atoms with Crippen LogP contribution in [0.5, 0.6) is 0 Å². The lowest BCUT2D eigenvalue weighted by molar-refractivity contribution is 0.742. The van der Waals surface area contributed by atoms with Gasteiger partial charge in [-0.3, -0.25) is 0 Å². The highest BCUT2D eigenvalue weighted by atomic mass is 15.1. The Morgan fingerprint density at radius 2 is 1.67 bits per heavy atom. The van der Waals surface area contributed by atoms with Gasteiger partial charge in [-0.25, -0.2) is 9.97 Å². The predicted octanol–water partition coefficient (Wildman–Crippen LogP) is 4.00. The zero-order valence-electron chi connectivity index (χ0n) is 12.9. The minimum Gasteiger partial charge on any atom is -0.370 e. The second kappa shape index (κ2) is 8.25. The minimum absolute atomic E-state index is 0.770. The summed E-state index contributed by atoms with van der Waals surface area (Å²) in [5.74, 6) is 1.73. The van der Waals surface area contributed by atoms with Crippen LogP contribution in [0.25, 0.3) is 0 Å².